The van der Waals surface area contributed by atoms with Gasteiger partial charge in [-0.3, -0.25) is 5.41 Å². The molecule has 1 saturated heterocycles. The molecule has 0 saturated carbocycles. The Hall–Kier alpha value is -4.67. The lowest BCUT2D eigenvalue weighted by atomic mass is 9.94. The summed E-state index contributed by atoms with van der Waals surface area (Å²) in [5, 5.41) is 35.9. The molecule has 7 atom stereocenters. The van der Waals surface area contributed by atoms with Crippen molar-refractivity contribution >= 4 is 5.96 Å². The topological polar surface area (TPSA) is 172 Å². The molecule has 1 aliphatic heterocycles. The molecule has 0 spiro atoms. The molecule has 0 aromatic heterocycles. The van der Waals surface area contributed by atoms with Crippen molar-refractivity contribution in [3.8, 4) is 0 Å². The van der Waals surface area contributed by atoms with E-state index in [1.807, 2.05) is 6.92 Å². The molecule has 13 N–H and O–H groups in total. The molecule has 0 bridgehead atoms. The summed E-state index contributed by atoms with van der Waals surface area (Å²) in [7, 11) is 0. The van der Waals surface area contributed by atoms with Crippen LogP contribution in [0.4, 0.5) is 0 Å². The van der Waals surface area contributed by atoms with Gasteiger partial charge in [0, 0.05) is 65.1 Å². The Balaban J connectivity index is 3.55. The fraction of sp³-hybridized carbons (Fsp3) is 0.568. The zero-order chi connectivity index (χ0) is 41.8. The first-order valence-electron chi connectivity index (χ1n) is 20.0. The van der Waals surface area contributed by atoms with E-state index in [-0.39, 0.29) is 42.2 Å². The van der Waals surface area contributed by atoms with E-state index in [0.717, 1.165) is 96.9 Å². The second-order valence-corrected chi connectivity index (χ2v) is 15.9. The van der Waals surface area contributed by atoms with Crippen LogP contribution in [0.3, 0.4) is 0 Å². The van der Waals surface area contributed by atoms with E-state index in [9.17, 15) is 0 Å². The maximum atomic E-state index is 7.53. The summed E-state index contributed by atoms with van der Waals surface area (Å²) in [6.45, 7) is 53.7. The molecule has 0 radical (unpaired) electrons. The van der Waals surface area contributed by atoms with Gasteiger partial charge in [0.05, 0.1) is 36.3 Å². The van der Waals surface area contributed by atoms with Crippen molar-refractivity contribution in [1.82, 2.24) is 42.5 Å². The van der Waals surface area contributed by atoms with E-state index in [1.165, 1.54) is 0 Å². The minimum Gasteiger partial charge on any atom is -0.402 e. The van der Waals surface area contributed by atoms with Gasteiger partial charge in [-0.1, -0.05) is 92.3 Å². The normalized spacial score (nSPS) is 25.0. The van der Waals surface area contributed by atoms with E-state index in [4.69, 9.17) is 16.9 Å². The molecule has 1 heterocycles. The van der Waals surface area contributed by atoms with Crippen LogP contribution < -0.4 is 54.0 Å². The SMILES string of the molecule is C=C(C)CC1NC(=C)C(C(C)CC)NC(=C)CCCCNC(=C)C(CCCNC(=N)N)NC(=C)C(C)NC(=C)C(CC(C)C)NC(=C)C(CC(=C)N)NC1=C. The van der Waals surface area contributed by atoms with Crippen molar-refractivity contribution in [3.05, 3.63) is 110 Å². The summed E-state index contributed by atoms with van der Waals surface area (Å²) in [5.41, 5.74) is 19.2. The molecule has 1 fully saturated rings. The highest BCUT2D eigenvalue weighted by molar-refractivity contribution is 5.74. The minimum absolute atomic E-state index is 0.0345. The van der Waals surface area contributed by atoms with Crippen LogP contribution in [0.15, 0.2) is 110 Å². The standard InChI is InChI=1S/C44H79N11/c1-16-29(6)43-38(15)55-41(25-28(4)5)36(13)54-42(26-30(7)45)37(14)53-40(24-27(2)3)35(12)51-32(9)33(10)52-39(21-19-23-49-44(46)47)34(11)48-22-18-17-20-31(8)50-43/h27,29,32,39-43,48,50-55H,4,7-8,10-26,45H2,1-3,5-6,9H3,(H4,46,47,49). The zero-order valence-electron chi connectivity index (χ0n) is 35.4. The van der Waals surface area contributed by atoms with Crippen LogP contribution in [0.25, 0.3) is 0 Å². The Kier molecular flexibility index (Phi) is 21.7. The van der Waals surface area contributed by atoms with Gasteiger partial charge in [0.15, 0.2) is 5.96 Å². The third-order valence-electron chi connectivity index (χ3n) is 9.96. The summed E-state index contributed by atoms with van der Waals surface area (Å²) < 4.78 is 0. The van der Waals surface area contributed by atoms with E-state index in [2.05, 4.69) is 136 Å². The lowest BCUT2D eigenvalue weighted by Crippen LogP contribution is -2.49. The fourth-order valence-corrected chi connectivity index (χ4v) is 6.47. The van der Waals surface area contributed by atoms with Crippen LogP contribution in [0.1, 0.15) is 99.3 Å². The van der Waals surface area contributed by atoms with Gasteiger partial charge in [-0.05, 0) is 70.6 Å². The van der Waals surface area contributed by atoms with Crippen molar-refractivity contribution in [1.29, 1.82) is 5.41 Å². The predicted molar refractivity (Wildman–Crippen MR) is 238 cm³/mol. The van der Waals surface area contributed by atoms with E-state index >= 15 is 0 Å². The monoisotopic (exact) mass is 762 g/mol. The van der Waals surface area contributed by atoms with Gasteiger partial charge in [0.1, 0.15) is 0 Å². The van der Waals surface area contributed by atoms with Crippen molar-refractivity contribution < 1.29 is 0 Å². The van der Waals surface area contributed by atoms with Gasteiger partial charge in [0.25, 0.3) is 0 Å². The Morgan fingerprint density at radius 3 is 1.89 bits per heavy atom. The second-order valence-electron chi connectivity index (χ2n) is 15.9. The van der Waals surface area contributed by atoms with Gasteiger partial charge >= 0.3 is 0 Å². The fourth-order valence-electron chi connectivity index (χ4n) is 6.47. The highest BCUT2D eigenvalue weighted by Crippen LogP contribution is 2.21. The summed E-state index contributed by atoms with van der Waals surface area (Å²) in [5.74, 6) is 0.640. The Bertz CT molecular complexity index is 1380. The maximum absolute atomic E-state index is 7.53. The quantitative estimate of drug-likeness (QED) is 0.0469. The molecule has 0 aromatic carbocycles. The number of guanidine groups is 1. The molecule has 1 rings (SSSR count). The Morgan fingerprint density at radius 1 is 0.764 bits per heavy atom. The first-order chi connectivity index (χ1) is 25.7. The number of allylic oxidation sites excluding steroid dienone is 1. The number of hydrogen-bond donors (Lipinski definition) is 11. The summed E-state index contributed by atoms with van der Waals surface area (Å²) in [6, 6.07) is -0.887. The highest BCUT2D eigenvalue weighted by atomic mass is 15.1. The average molecular weight is 762 g/mol. The highest BCUT2D eigenvalue weighted by Gasteiger charge is 2.27. The molecular formula is C44H79N11. The third kappa shape index (κ3) is 19.0. The molecule has 0 amide bonds. The van der Waals surface area contributed by atoms with Gasteiger partial charge in [-0.15, -0.1) is 6.58 Å². The van der Waals surface area contributed by atoms with Gasteiger partial charge in [-0.2, -0.15) is 0 Å². The smallest absolute Gasteiger partial charge is 0.185 e. The molecule has 0 aliphatic carbocycles. The number of hydrogen-bond acceptors (Lipinski definition) is 9. The van der Waals surface area contributed by atoms with Crippen LogP contribution in [0.2, 0.25) is 0 Å². The Morgan fingerprint density at radius 2 is 1.33 bits per heavy atom. The first kappa shape index (κ1) is 48.3. The number of nitrogens with two attached hydrogens (primary N) is 2. The predicted octanol–water partition coefficient (Wildman–Crippen LogP) is 6.31. The number of nitrogens with one attached hydrogen (secondary N) is 9. The first-order valence-corrected chi connectivity index (χ1v) is 20.0. The van der Waals surface area contributed by atoms with Crippen LogP contribution in [0.5, 0.6) is 0 Å². The average Bonchev–Trinajstić information content (AvgIpc) is 3.08. The van der Waals surface area contributed by atoms with Crippen molar-refractivity contribution in [2.45, 2.75) is 136 Å². The maximum Gasteiger partial charge on any atom is 0.185 e. The lowest BCUT2D eigenvalue weighted by molar-refractivity contribution is 0.398. The minimum atomic E-state index is -0.297. The lowest BCUT2D eigenvalue weighted by Gasteiger charge is -2.35. The number of rotatable bonds is 12. The van der Waals surface area contributed by atoms with Gasteiger partial charge in [-0.25, -0.2) is 0 Å². The molecule has 55 heavy (non-hydrogen) atoms. The molecular weight excluding hydrogens is 683 g/mol. The van der Waals surface area contributed by atoms with Crippen LogP contribution >= 0.6 is 0 Å². The van der Waals surface area contributed by atoms with Crippen molar-refractivity contribution in [3.63, 3.8) is 0 Å². The third-order valence-corrected chi connectivity index (χ3v) is 9.96. The van der Waals surface area contributed by atoms with Crippen molar-refractivity contribution in [2.24, 2.45) is 23.3 Å². The molecule has 310 valence electrons. The molecule has 7 unspecified atom stereocenters. The summed E-state index contributed by atoms with van der Waals surface area (Å²) in [6.07, 6.45) is 7.19. The van der Waals surface area contributed by atoms with Crippen LogP contribution in [0, 0.1) is 17.2 Å². The van der Waals surface area contributed by atoms with E-state index < -0.39 is 0 Å². The van der Waals surface area contributed by atoms with E-state index in [1.54, 1.807) is 0 Å². The van der Waals surface area contributed by atoms with Gasteiger partial charge in [0.2, 0.25) is 0 Å². The van der Waals surface area contributed by atoms with Gasteiger partial charge < -0.3 is 54.0 Å². The van der Waals surface area contributed by atoms with Crippen molar-refractivity contribution in [2.75, 3.05) is 13.1 Å². The molecule has 1 aliphatic rings. The second kappa shape index (κ2) is 24.7. The largest absolute Gasteiger partial charge is 0.402 e. The Labute approximate surface area is 335 Å². The zero-order valence-corrected chi connectivity index (χ0v) is 35.4. The van der Waals surface area contributed by atoms with Crippen LogP contribution in [-0.4, -0.2) is 55.3 Å². The van der Waals surface area contributed by atoms with Crippen LogP contribution in [-0.2, 0) is 0 Å². The van der Waals surface area contributed by atoms with E-state index in [0.29, 0.717) is 36.9 Å². The molecule has 11 nitrogen and oxygen atoms in total. The molecule has 11 heteroatoms. The summed E-state index contributed by atoms with van der Waals surface area (Å²) >= 11 is 0. The molecule has 0 aromatic rings. The summed E-state index contributed by atoms with van der Waals surface area (Å²) in [4.78, 5) is 0.